The highest BCUT2D eigenvalue weighted by molar-refractivity contribution is 6.31. The number of carbonyl (C=O) groups is 1. The predicted molar refractivity (Wildman–Crippen MR) is 81.2 cm³/mol. The van der Waals surface area contributed by atoms with E-state index in [-0.39, 0.29) is 5.56 Å². The Morgan fingerprint density at radius 3 is 2.43 bits per heavy atom. The van der Waals surface area contributed by atoms with E-state index in [2.05, 4.69) is 5.32 Å². The summed E-state index contributed by atoms with van der Waals surface area (Å²) in [7, 11) is 3.09. The van der Waals surface area contributed by atoms with Crippen molar-refractivity contribution in [3.63, 3.8) is 0 Å². The van der Waals surface area contributed by atoms with E-state index in [0.717, 1.165) is 0 Å². The lowest BCUT2D eigenvalue weighted by atomic mass is 10.1. The first-order valence-corrected chi connectivity index (χ1v) is 6.45. The van der Waals surface area contributed by atoms with Crippen LogP contribution >= 0.6 is 11.6 Å². The second-order valence-electron chi connectivity index (χ2n) is 4.19. The maximum atomic E-state index is 11.3. The van der Waals surface area contributed by atoms with E-state index in [1.807, 2.05) is 0 Å². The lowest BCUT2D eigenvalue weighted by molar-refractivity contribution is 0.0698. The molecule has 2 aromatic carbocycles. The van der Waals surface area contributed by atoms with Gasteiger partial charge in [-0.15, -0.1) is 0 Å². The average molecular weight is 308 g/mol. The summed E-state index contributed by atoms with van der Waals surface area (Å²) in [4.78, 5) is 11.3. The second-order valence-corrected chi connectivity index (χ2v) is 4.62. The molecule has 0 radical (unpaired) electrons. The third-order valence-electron chi connectivity index (χ3n) is 2.89. The summed E-state index contributed by atoms with van der Waals surface area (Å²) in [6.45, 7) is 0. The third-order valence-corrected chi connectivity index (χ3v) is 3.13. The van der Waals surface area contributed by atoms with Crippen molar-refractivity contribution in [1.29, 1.82) is 0 Å². The Morgan fingerprint density at radius 1 is 1.10 bits per heavy atom. The van der Waals surface area contributed by atoms with Crippen LogP contribution in [0.5, 0.6) is 11.5 Å². The molecule has 0 aliphatic heterocycles. The highest BCUT2D eigenvalue weighted by atomic mass is 35.5. The van der Waals surface area contributed by atoms with Gasteiger partial charge < -0.3 is 19.9 Å². The SMILES string of the molecule is COc1ccc(Nc2ccc(Cl)cc2C(=O)O)c(OC)c1. The van der Waals surface area contributed by atoms with Crippen molar-refractivity contribution in [2.75, 3.05) is 19.5 Å². The number of benzene rings is 2. The van der Waals surface area contributed by atoms with Gasteiger partial charge in [0.1, 0.15) is 11.5 Å². The van der Waals surface area contributed by atoms with E-state index in [1.165, 1.54) is 13.2 Å². The maximum absolute atomic E-state index is 11.3. The fourth-order valence-corrected chi connectivity index (χ4v) is 2.02. The molecule has 2 rings (SSSR count). The van der Waals surface area contributed by atoms with Gasteiger partial charge in [-0.05, 0) is 30.3 Å². The number of hydrogen-bond acceptors (Lipinski definition) is 4. The zero-order chi connectivity index (χ0) is 15.4. The average Bonchev–Trinajstić information content (AvgIpc) is 2.49. The van der Waals surface area contributed by atoms with E-state index in [1.54, 1.807) is 37.4 Å². The molecule has 0 spiro atoms. The Morgan fingerprint density at radius 2 is 1.81 bits per heavy atom. The number of carboxylic acid groups (broad SMARTS) is 1. The Labute approximate surface area is 127 Å². The van der Waals surface area contributed by atoms with Crippen LogP contribution in [0.2, 0.25) is 5.02 Å². The summed E-state index contributed by atoms with van der Waals surface area (Å²) >= 11 is 5.83. The number of ether oxygens (including phenoxy) is 2. The zero-order valence-corrected chi connectivity index (χ0v) is 12.3. The van der Waals surface area contributed by atoms with Gasteiger partial charge >= 0.3 is 5.97 Å². The number of aromatic carboxylic acids is 1. The summed E-state index contributed by atoms with van der Waals surface area (Å²) in [5.41, 5.74) is 1.14. The Kier molecular flexibility index (Phi) is 4.55. The molecule has 2 N–H and O–H groups in total. The van der Waals surface area contributed by atoms with Crippen LogP contribution in [0.15, 0.2) is 36.4 Å². The van der Waals surface area contributed by atoms with Crippen molar-refractivity contribution in [3.8, 4) is 11.5 Å². The van der Waals surface area contributed by atoms with Gasteiger partial charge in [0.15, 0.2) is 0 Å². The molecule has 110 valence electrons. The molecule has 0 atom stereocenters. The topological polar surface area (TPSA) is 67.8 Å². The van der Waals surface area contributed by atoms with Gasteiger partial charge in [0, 0.05) is 11.1 Å². The molecule has 21 heavy (non-hydrogen) atoms. The second kappa shape index (κ2) is 6.37. The first-order chi connectivity index (χ1) is 10.0. The fourth-order valence-electron chi connectivity index (χ4n) is 1.85. The normalized spacial score (nSPS) is 10.0. The molecular weight excluding hydrogens is 294 g/mol. The van der Waals surface area contributed by atoms with Crippen LogP contribution in [0, 0.1) is 0 Å². The molecule has 0 amide bonds. The lowest BCUT2D eigenvalue weighted by Gasteiger charge is -2.14. The first-order valence-electron chi connectivity index (χ1n) is 6.07. The van der Waals surface area contributed by atoms with Gasteiger partial charge in [-0.25, -0.2) is 4.79 Å². The molecule has 5 nitrogen and oxygen atoms in total. The standard InChI is InChI=1S/C15H14ClNO4/c1-20-10-4-6-13(14(8-10)21-2)17-12-5-3-9(16)7-11(12)15(18)19/h3-8,17H,1-2H3,(H,18,19). The lowest BCUT2D eigenvalue weighted by Crippen LogP contribution is -2.03. The number of nitrogens with one attached hydrogen (secondary N) is 1. The third kappa shape index (κ3) is 3.38. The molecule has 0 aliphatic carbocycles. The monoisotopic (exact) mass is 307 g/mol. The quantitative estimate of drug-likeness (QED) is 0.879. The largest absolute Gasteiger partial charge is 0.497 e. The van der Waals surface area contributed by atoms with Crippen LogP contribution < -0.4 is 14.8 Å². The Hall–Kier alpha value is -2.40. The van der Waals surface area contributed by atoms with Crippen LogP contribution in [0.3, 0.4) is 0 Å². The van der Waals surface area contributed by atoms with Gasteiger partial charge in [-0.1, -0.05) is 11.6 Å². The summed E-state index contributed by atoms with van der Waals surface area (Å²) < 4.78 is 10.4. The van der Waals surface area contributed by atoms with Gasteiger partial charge in [-0.3, -0.25) is 0 Å². The van der Waals surface area contributed by atoms with E-state index >= 15 is 0 Å². The summed E-state index contributed by atoms with van der Waals surface area (Å²) in [5, 5.41) is 12.6. The molecule has 2 aromatic rings. The maximum Gasteiger partial charge on any atom is 0.337 e. The molecule has 0 heterocycles. The molecule has 6 heteroatoms. The molecule has 0 unspecified atom stereocenters. The van der Waals surface area contributed by atoms with Gasteiger partial charge in [-0.2, -0.15) is 0 Å². The highest BCUT2D eigenvalue weighted by Crippen LogP contribution is 2.33. The Bertz CT molecular complexity index is 673. The van der Waals surface area contributed by atoms with Crippen LogP contribution in [0.1, 0.15) is 10.4 Å². The van der Waals surface area contributed by atoms with Crippen molar-refractivity contribution >= 4 is 28.9 Å². The van der Waals surface area contributed by atoms with Crippen molar-refractivity contribution in [2.45, 2.75) is 0 Å². The van der Waals surface area contributed by atoms with Crippen LogP contribution in [0.25, 0.3) is 0 Å². The molecule has 0 saturated heterocycles. The summed E-state index contributed by atoms with van der Waals surface area (Å²) in [6, 6.07) is 9.82. The van der Waals surface area contributed by atoms with Gasteiger partial charge in [0.05, 0.1) is 31.2 Å². The van der Waals surface area contributed by atoms with Crippen LogP contribution in [0.4, 0.5) is 11.4 Å². The number of methoxy groups -OCH3 is 2. The minimum atomic E-state index is -1.06. The number of hydrogen-bond donors (Lipinski definition) is 2. The van der Waals surface area contributed by atoms with Gasteiger partial charge in [0.25, 0.3) is 0 Å². The van der Waals surface area contributed by atoms with E-state index in [9.17, 15) is 9.90 Å². The highest BCUT2D eigenvalue weighted by Gasteiger charge is 2.13. The first kappa shape index (κ1) is 15.0. The minimum Gasteiger partial charge on any atom is -0.497 e. The summed E-state index contributed by atoms with van der Waals surface area (Å²) in [5.74, 6) is 0.125. The number of anilines is 2. The van der Waals surface area contributed by atoms with E-state index < -0.39 is 5.97 Å². The van der Waals surface area contributed by atoms with E-state index in [0.29, 0.717) is 27.9 Å². The number of halogens is 1. The molecule has 0 bridgehead atoms. The van der Waals surface area contributed by atoms with Crippen molar-refractivity contribution in [1.82, 2.24) is 0 Å². The molecule has 0 fully saturated rings. The van der Waals surface area contributed by atoms with Crippen LogP contribution in [-0.4, -0.2) is 25.3 Å². The fraction of sp³-hybridized carbons (Fsp3) is 0.133. The number of rotatable bonds is 5. The van der Waals surface area contributed by atoms with Crippen molar-refractivity contribution in [2.24, 2.45) is 0 Å². The molecule has 0 saturated carbocycles. The predicted octanol–water partition coefficient (Wildman–Crippen LogP) is 3.80. The summed E-state index contributed by atoms with van der Waals surface area (Å²) in [6.07, 6.45) is 0. The zero-order valence-electron chi connectivity index (χ0n) is 11.5. The minimum absolute atomic E-state index is 0.0837. The molecule has 0 aliphatic rings. The molecular formula is C15H14ClNO4. The van der Waals surface area contributed by atoms with E-state index in [4.69, 9.17) is 21.1 Å². The smallest absolute Gasteiger partial charge is 0.337 e. The van der Waals surface area contributed by atoms with Crippen molar-refractivity contribution < 1.29 is 19.4 Å². The Balaban J connectivity index is 2.40. The number of carboxylic acids is 1. The van der Waals surface area contributed by atoms with Crippen LogP contribution in [-0.2, 0) is 0 Å². The molecule has 0 aromatic heterocycles. The van der Waals surface area contributed by atoms with Crippen molar-refractivity contribution in [3.05, 3.63) is 47.0 Å². The van der Waals surface area contributed by atoms with Gasteiger partial charge in [0.2, 0.25) is 0 Å².